The summed E-state index contributed by atoms with van der Waals surface area (Å²) in [5.74, 6) is 1.62. The lowest BCUT2D eigenvalue weighted by atomic mass is 10.0. The Kier molecular flexibility index (Phi) is 5.70. The lowest BCUT2D eigenvalue weighted by molar-refractivity contribution is 0.393. The number of ether oxygens (including phenoxy) is 2. The average Bonchev–Trinajstić information content (AvgIpc) is 2.67. The van der Waals surface area contributed by atoms with Crippen molar-refractivity contribution >= 4 is 16.5 Å². The van der Waals surface area contributed by atoms with Gasteiger partial charge in [-0.05, 0) is 49.4 Å². The van der Waals surface area contributed by atoms with Crippen molar-refractivity contribution in [2.45, 2.75) is 26.3 Å². The molecular weight excluding hydrogens is 334 g/mol. The van der Waals surface area contributed by atoms with E-state index >= 15 is 0 Å². The second-order valence-electron chi connectivity index (χ2n) is 6.88. The number of rotatable bonds is 7. The van der Waals surface area contributed by atoms with E-state index in [1.807, 2.05) is 6.07 Å². The van der Waals surface area contributed by atoms with Gasteiger partial charge in [0, 0.05) is 28.9 Å². The zero-order valence-corrected chi connectivity index (χ0v) is 16.5. The summed E-state index contributed by atoms with van der Waals surface area (Å²) in [5.41, 5.74) is 3.38. The van der Waals surface area contributed by atoms with Crippen LogP contribution >= 0.6 is 0 Å². The zero-order chi connectivity index (χ0) is 19.4. The van der Waals surface area contributed by atoms with Crippen LogP contribution in [0, 0.1) is 0 Å². The van der Waals surface area contributed by atoms with Crippen LogP contribution in [0.15, 0.2) is 72.9 Å². The van der Waals surface area contributed by atoms with Crippen LogP contribution in [0.3, 0.4) is 0 Å². The molecule has 3 aromatic carbocycles. The third-order valence-electron chi connectivity index (χ3n) is 4.82. The van der Waals surface area contributed by atoms with Crippen molar-refractivity contribution in [3.63, 3.8) is 0 Å². The van der Waals surface area contributed by atoms with Crippen molar-refractivity contribution < 1.29 is 9.47 Å². The van der Waals surface area contributed by atoms with Gasteiger partial charge in [-0.25, -0.2) is 0 Å². The van der Waals surface area contributed by atoms with Crippen LogP contribution in [0.1, 0.15) is 19.4 Å². The van der Waals surface area contributed by atoms with Gasteiger partial charge in [0.1, 0.15) is 11.5 Å². The molecule has 0 saturated heterocycles. The van der Waals surface area contributed by atoms with E-state index in [2.05, 4.69) is 79.9 Å². The smallest absolute Gasteiger partial charge is 0.122 e. The SMILES string of the molecule is C=C(C)N(c1cccc2ccccc12)[C@@H](C)Cc1cc(OC)cc(OC)c1. The number of methoxy groups -OCH3 is 2. The first-order valence-electron chi connectivity index (χ1n) is 9.18. The molecular formula is C24H27NO2. The summed E-state index contributed by atoms with van der Waals surface area (Å²) in [6.45, 7) is 8.53. The predicted octanol–water partition coefficient (Wildman–Crippen LogP) is 5.83. The Balaban J connectivity index is 1.97. The molecule has 0 fully saturated rings. The van der Waals surface area contributed by atoms with Crippen LogP contribution in [-0.4, -0.2) is 20.3 Å². The van der Waals surface area contributed by atoms with E-state index in [0.29, 0.717) is 0 Å². The highest BCUT2D eigenvalue weighted by atomic mass is 16.5. The highest BCUT2D eigenvalue weighted by Gasteiger charge is 2.18. The maximum atomic E-state index is 5.42. The number of benzene rings is 3. The van der Waals surface area contributed by atoms with Crippen molar-refractivity contribution in [3.05, 3.63) is 78.5 Å². The lowest BCUT2D eigenvalue weighted by Crippen LogP contribution is -2.33. The molecule has 0 spiro atoms. The van der Waals surface area contributed by atoms with E-state index in [0.717, 1.165) is 23.6 Å². The van der Waals surface area contributed by atoms with Crippen LogP contribution in [0.4, 0.5) is 5.69 Å². The maximum absolute atomic E-state index is 5.42. The Hall–Kier alpha value is -2.94. The molecule has 0 aliphatic heterocycles. The number of anilines is 1. The molecule has 27 heavy (non-hydrogen) atoms. The standard InChI is InChI=1S/C24H27NO2/c1-17(2)25(24-12-8-10-20-9-6-7-11-23(20)24)18(3)13-19-14-21(26-4)16-22(15-19)27-5/h6-12,14-16,18H,1,13H2,2-5H3/t18-/m0/s1. The zero-order valence-electron chi connectivity index (χ0n) is 16.5. The summed E-state index contributed by atoms with van der Waals surface area (Å²) in [6, 6.07) is 21.2. The van der Waals surface area contributed by atoms with Gasteiger partial charge in [0.05, 0.1) is 14.2 Å². The first-order valence-corrected chi connectivity index (χ1v) is 9.18. The first kappa shape index (κ1) is 18.8. The third kappa shape index (κ3) is 4.08. The lowest BCUT2D eigenvalue weighted by Gasteiger charge is -2.33. The predicted molar refractivity (Wildman–Crippen MR) is 114 cm³/mol. The van der Waals surface area contributed by atoms with E-state index in [-0.39, 0.29) is 6.04 Å². The number of nitrogens with zero attached hydrogens (tertiary/aromatic N) is 1. The van der Waals surface area contributed by atoms with Crippen molar-refractivity contribution in [3.8, 4) is 11.5 Å². The molecule has 0 radical (unpaired) electrons. The van der Waals surface area contributed by atoms with Crippen molar-refractivity contribution in [2.24, 2.45) is 0 Å². The fourth-order valence-corrected chi connectivity index (χ4v) is 3.65. The normalized spacial score (nSPS) is 11.9. The van der Waals surface area contributed by atoms with Crippen LogP contribution in [0.2, 0.25) is 0 Å². The molecule has 0 aliphatic rings. The minimum atomic E-state index is 0.227. The summed E-state index contributed by atoms with van der Waals surface area (Å²) in [4.78, 5) is 2.31. The first-order chi connectivity index (χ1) is 13.0. The Morgan fingerprint density at radius 1 is 0.963 bits per heavy atom. The van der Waals surface area contributed by atoms with Crippen molar-refractivity contribution in [1.29, 1.82) is 0 Å². The van der Waals surface area contributed by atoms with Gasteiger partial charge in [-0.2, -0.15) is 0 Å². The molecule has 1 atom stereocenters. The van der Waals surface area contributed by atoms with Gasteiger partial charge in [0.25, 0.3) is 0 Å². The molecule has 3 heteroatoms. The minimum Gasteiger partial charge on any atom is -0.497 e. The summed E-state index contributed by atoms with van der Waals surface area (Å²) >= 11 is 0. The summed E-state index contributed by atoms with van der Waals surface area (Å²) in [6.07, 6.45) is 0.851. The second-order valence-corrected chi connectivity index (χ2v) is 6.88. The monoisotopic (exact) mass is 361 g/mol. The third-order valence-corrected chi connectivity index (χ3v) is 4.82. The molecule has 0 bridgehead atoms. The van der Waals surface area contributed by atoms with Gasteiger partial charge < -0.3 is 14.4 Å². The maximum Gasteiger partial charge on any atom is 0.122 e. The molecule has 0 N–H and O–H groups in total. The Morgan fingerprint density at radius 2 is 1.59 bits per heavy atom. The molecule has 0 aliphatic carbocycles. The van der Waals surface area contributed by atoms with E-state index in [9.17, 15) is 0 Å². The van der Waals surface area contributed by atoms with E-state index in [1.54, 1.807) is 14.2 Å². The van der Waals surface area contributed by atoms with E-state index in [1.165, 1.54) is 22.0 Å². The topological polar surface area (TPSA) is 21.7 Å². The molecule has 0 amide bonds. The highest BCUT2D eigenvalue weighted by Crippen LogP contribution is 2.32. The fourth-order valence-electron chi connectivity index (χ4n) is 3.65. The summed E-state index contributed by atoms with van der Waals surface area (Å²) in [7, 11) is 3.36. The Labute approximate surface area is 161 Å². The quantitative estimate of drug-likeness (QED) is 0.528. The van der Waals surface area contributed by atoms with Crippen LogP contribution in [-0.2, 0) is 6.42 Å². The van der Waals surface area contributed by atoms with Gasteiger partial charge >= 0.3 is 0 Å². The number of hydrogen-bond acceptors (Lipinski definition) is 3. The minimum absolute atomic E-state index is 0.227. The highest BCUT2D eigenvalue weighted by molar-refractivity contribution is 5.95. The average molecular weight is 361 g/mol. The summed E-state index contributed by atoms with van der Waals surface area (Å²) in [5, 5.41) is 2.47. The largest absolute Gasteiger partial charge is 0.497 e. The molecule has 3 aromatic rings. The van der Waals surface area contributed by atoms with Gasteiger partial charge in [-0.15, -0.1) is 0 Å². The van der Waals surface area contributed by atoms with Crippen LogP contribution < -0.4 is 14.4 Å². The van der Waals surface area contributed by atoms with Gasteiger partial charge in [0.15, 0.2) is 0 Å². The molecule has 0 saturated carbocycles. The molecule has 3 nitrogen and oxygen atoms in total. The Bertz CT molecular complexity index is 921. The molecule has 3 rings (SSSR count). The summed E-state index contributed by atoms with van der Waals surface area (Å²) < 4.78 is 10.8. The number of fused-ring (bicyclic) bond motifs is 1. The van der Waals surface area contributed by atoms with Crippen LogP contribution in [0.25, 0.3) is 10.8 Å². The van der Waals surface area contributed by atoms with E-state index < -0.39 is 0 Å². The fraction of sp³-hybridized carbons (Fsp3) is 0.250. The van der Waals surface area contributed by atoms with Gasteiger partial charge in [-0.3, -0.25) is 0 Å². The van der Waals surface area contributed by atoms with E-state index in [4.69, 9.17) is 9.47 Å². The molecule has 0 heterocycles. The van der Waals surface area contributed by atoms with Crippen molar-refractivity contribution in [2.75, 3.05) is 19.1 Å². The van der Waals surface area contributed by atoms with Crippen LogP contribution in [0.5, 0.6) is 11.5 Å². The van der Waals surface area contributed by atoms with Crippen molar-refractivity contribution in [1.82, 2.24) is 0 Å². The van der Waals surface area contributed by atoms with Gasteiger partial charge in [0.2, 0.25) is 0 Å². The Morgan fingerprint density at radius 3 is 2.22 bits per heavy atom. The molecule has 0 aromatic heterocycles. The van der Waals surface area contributed by atoms with Gasteiger partial charge in [-0.1, -0.05) is 43.0 Å². The second kappa shape index (κ2) is 8.17. The number of hydrogen-bond donors (Lipinski definition) is 0. The number of allylic oxidation sites excluding steroid dienone is 1. The molecule has 140 valence electrons. The molecule has 0 unspecified atom stereocenters.